The van der Waals surface area contributed by atoms with Gasteiger partial charge in [0.2, 0.25) is 5.91 Å². The number of carbonyl (C=O) groups excluding carboxylic acids is 2. The minimum Gasteiger partial charge on any atom is -0.497 e. The van der Waals surface area contributed by atoms with Gasteiger partial charge in [-0.15, -0.1) is 16.8 Å². The number of carbonyl (C=O) groups is 2. The summed E-state index contributed by atoms with van der Waals surface area (Å²) in [6, 6.07) is 14.3. The van der Waals surface area contributed by atoms with Gasteiger partial charge in [-0.25, -0.2) is 0 Å². The Hall–Kier alpha value is -3.59. The van der Waals surface area contributed by atoms with Crippen LogP contribution < -0.4 is 15.4 Å². The quantitative estimate of drug-likeness (QED) is 0.294. The molecule has 8 nitrogen and oxygen atoms in total. The second kappa shape index (κ2) is 12.2. The Bertz CT molecular complexity index is 1170. The zero-order valence-corrected chi connectivity index (χ0v) is 21.3. The molecule has 184 valence electrons. The summed E-state index contributed by atoms with van der Waals surface area (Å²) < 4.78 is 6.99. The topological polar surface area (TPSA) is 98.1 Å². The van der Waals surface area contributed by atoms with Crippen LogP contribution in [0.1, 0.15) is 54.5 Å². The summed E-state index contributed by atoms with van der Waals surface area (Å²) in [5.74, 6) is 1.38. The maximum atomic E-state index is 12.7. The third kappa shape index (κ3) is 6.73. The number of para-hydroxylation sites is 1. The first kappa shape index (κ1) is 26.0. The SMILES string of the molecule is C=CCn1c(SCC(=O)Nc2ccccc2C(C)C)nnc1C(C)NC(=O)c1ccc(OC)cc1. The highest BCUT2D eigenvalue weighted by molar-refractivity contribution is 7.99. The molecule has 1 aromatic heterocycles. The second-order valence-corrected chi connectivity index (χ2v) is 9.19. The van der Waals surface area contributed by atoms with Gasteiger partial charge in [0.1, 0.15) is 5.75 Å². The fourth-order valence-corrected chi connectivity index (χ4v) is 4.30. The van der Waals surface area contributed by atoms with Crippen LogP contribution in [0, 0.1) is 0 Å². The Morgan fingerprint density at radius 3 is 2.49 bits per heavy atom. The van der Waals surface area contributed by atoms with Gasteiger partial charge in [-0.1, -0.05) is 49.9 Å². The van der Waals surface area contributed by atoms with Gasteiger partial charge in [-0.05, 0) is 48.7 Å². The summed E-state index contributed by atoms with van der Waals surface area (Å²) in [4.78, 5) is 25.3. The molecule has 35 heavy (non-hydrogen) atoms. The average molecular weight is 494 g/mol. The molecule has 0 saturated heterocycles. The Morgan fingerprint density at radius 1 is 1.11 bits per heavy atom. The van der Waals surface area contributed by atoms with Crippen molar-refractivity contribution in [2.45, 2.75) is 44.4 Å². The number of ether oxygens (including phenoxy) is 1. The van der Waals surface area contributed by atoms with Gasteiger partial charge < -0.3 is 19.9 Å². The van der Waals surface area contributed by atoms with E-state index in [2.05, 4.69) is 41.3 Å². The van der Waals surface area contributed by atoms with Crippen molar-refractivity contribution in [2.75, 3.05) is 18.2 Å². The molecule has 0 bridgehead atoms. The lowest BCUT2D eigenvalue weighted by Crippen LogP contribution is -2.28. The Balaban J connectivity index is 1.67. The van der Waals surface area contributed by atoms with E-state index >= 15 is 0 Å². The molecule has 1 heterocycles. The predicted molar refractivity (Wildman–Crippen MR) is 139 cm³/mol. The second-order valence-electron chi connectivity index (χ2n) is 8.24. The third-order valence-corrected chi connectivity index (χ3v) is 6.30. The Labute approximate surface area is 210 Å². The first-order valence-corrected chi connectivity index (χ1v) is 12.3. The fourth-order valence-electron chi connectivity index (χ4n) is 3.55. The van der Waals surface area contributed by atoms with Crippen molar-refractivity contribution >= 4 is 29.3 Å². The molecular formula is C26H31N5O3S. The number of nitrogens with zero attached hydrogens (tertiary/aromatic N) is 3. The van der Waals surface area contributed by atoms with E-state index in [1.807, 2.05) is 35.8 Å². The van der Waals surface area contributed by atoms with E-state index in [4.69, 9.17) is 4.74 Å². The van der Waals surface area contributed by atoms with E-state index in [0.29, 0.717) is 34.8 Å². The standard InChI is InChI=1S/C26H31N5O3S/c1-6-15-31-24(18(4)27-25(33)19-11-13-20(34-5)14-12-19)29-30-26(31)35-16-23(32)28-22-10-8-7-9-21(22)17(2)3/h6-14,17-18H,1,15-16H2,2-5H3,(H,27,33)(H,28,32). The molecule has 2 amide bonds. The van der Waals surface area contributed by atoms with E-state index < -0.39 is 6.04 Å². The summed E-state index contributed by atoms with van der Waals surface area (Å²) in [5.41, 5.74) is 2.42. The largest absolute Gasteiger partial charge is 0.497 e. The lowest BCUT2D eigenvalue weighted by molar-refractivity contribution is -0.113. The van der Waals surface area contributed by atoms with Gasteiger partial charge in [0.05, 0.1) is 18.9 Å². The van der Waals surface area contributed by atoms with Crippen molar-refractivity contribution in [1.82, 2.24) is 20.1 Å². The molecule has 0 radical (unpaired) electrons. The molecule has 0 spiro atoms. The summed E-state index contributed by atoms with van der Waals surface area (Å²) in [6.07, 6.45) is 1.73. The summed E-state index contributed by atoms with van der Waals surface area (Å²) >= 11 is 1.29. The number of anilines is 1. The number of hydrogen-bond acceptors (Lipinski definition) is 6. The molecule has 1 unspecified atom stereocenters. The smallest absolute Gasteiger partial charge is 0.251 e. The van der Waals surface area contributed by atoms with Crippen molar-refractivity contribution in [3.05, 3.63) is 78.1 Å². The van der Waals surface area contributed by atoms with E-state index in [0.717, 1.165) is 11.3 Å². The van der Waals surface area contributed by atoms with Gasteiger partial charge in [0.15, 0.2) is 11.0 Å². The van der Waals surface area contributed by atoms with E-state index in [-0.39, 0.29) is 17.6 Å². The Morgan fingerprint density at radius 2 is 1.83 bits per heavy atom. The van der Waals surface area contributed by atoms with Gasteiger partial charge in [-0.3, -0.25) is 9.59 Å². The van der Waals surface area contributed by atoms with Crippen LogP contribution in [0.3, 0.4) is 0 Å². The van der Waals surface area contributed by atoms with Crippen molar-refractivity contribution in [1.29, 1.82) is 0 Å². The highest BCUT2D eigenvalue weighted by Gasteiger charge is 2.21. The minimum absolute atomic E-state index is 0.126. The molecule has 0 aliphatic rings. The summed E-state index contributed by atoms with van der Waals surface area (Å²) in [7, 11) is 1.58. The number of aromatic nitrogens is 3. The zero-order chi connectivity index (χ0) is 25.4. The molecule has 0 aliphatic heterocycles. The van der Waals surface area contributed by atoms with Crippen LogP contribution in [0.25, 0.3) is 0 Å². The fraction of sp³-hybridized carbons (Fsp3) is 0.308. The molecule has 0 aliphatic carbocycles. The van der Waals surface area contributed by atoms with Crippen LogP contribution >= 0.6 is 11.8 Å². The minimum atomic E-state index is -0.404. The van der Waals surface area contributed by atoms with E-state index in [9.17, 15) is 9.59 Å². The van der Waals surface area contributed by atoms with Gasteiger partial charge in [0.25, 0.3) is 5.91 Å². The maximum absolute atomic E-state index is 12.7. The average Bonchev–Trinajstić information content (AvgIpc) is 3.25. The van der Waals surface area contributed by atoms with E-state index in [1.54, 1.807) is 37.5 Å². The maximum Gasteiger partial charge on any atom is 0.251 e. The summed E-state index contributed by atoms with van der Waals surface area (Å²) in [5, 5.41) is 15.1. The van der Waals surface area contributed by atoms with Crippen molar-refractivity contribution in [3.63, 3.8) is 0 Å². The van der Waals surface area contributed by atoms with E-state index in [1.165, 1.54) is 11.8 Å². The monoisotopic (exact) mass is 493 g/mol. The molecule has 1 atom stereocenters. The van der Waals surface area contributed by atoms with Crippen LogP contribution in [0.2, 0.25) is 0 Å². The number of nitrogens with one attached hydrogen (secondary N) is 2. The first-order valence-electron chi connectivity index (χ1n) is 11.3. The number of allylic oxidation sites excluding steroid dienone is 1. The normalized spacial score (nSPS) is 11.7. The molecule has 2 N–H and O–H groups in total. The molecule has 0 saturated carbocycles. The molecule has 2 aromatic carbocycles. The van der Waals surface area contributed by atoms with Gasteiger partial charge >= 0.3 is 0 Å². The molecular weight excluding hydrogens is 462 g/mol. The number of benzene rings is 2. The summed E-state index contributed by atoms with van der Waals surface area (Å²) in [6.45, 7) is 10.3. The number of amides is 2. The highest BCUT2D eigenvalue weighted by atomic mass is 32.2. The van der Waals surface area contributed by atoms with Crippen molar-refractivity contribution in [3.8, 4) is 5.75 Å². The lowest BCUT2D eigenvalue weighted by Gasteiger charge is -2.16. The van der Waals surface area contributed by atoms with Gasteiger partial charge in [-0.2, -0.15) is 0 Å². The van der Waals surface area contributed by atoms with Gasteiger partial charge in [0, 0.05) is 17.8 Å². The van der Waals surface area contributed by atoms with Crippen LogP contribution in [-0.2, 0) is 11.3 Å². The van der Waals surface area contributed by atoms with Crippen molar-refractivity contribution < 1.29 is 14.3 Å². The number of hydrogen-bond donors (Lipinski definition) is 2. The highest BCUT2D eigenvalue weighted by Crippen LogP contribution is 2.25. The van der Waals surface area contributed by atoms with Crippen LogP contribution in [0.4, 0.5) is 5.69 Å². The van der Waals surface area contributed by atoms with Crippen molar-refractivity contribution in [2.24, 2.45) is 0 Å². The van der Waals surface area contributed by atoms with Crippen LogP contribution in [0.5, 0.6) is 5.75 Å². The zero-order valence-electron chi connectivity index (χ0n) is 20.4. The lowest BCUT2D eigenvalue weighted by atomic mass is 10.0. The molecule has 9 heteroatoms. The molecule has 3 rings (SSSR count). The predicted octanol–water partition coefficient (Wildman–Crippen LogP) is 4.82. The number of methoxy groups -OCH3 is 1. The number of thioether (sulfide) groups is 1. The molecule has 0 fully saturated rings. The molecule has 3 aromatic rings. The first-order chi connectivity index (χ1) is 16.8. The third-order valence-electron chi connectivity index (χ3n) is 5.33. The van der Waals surface area contributed by atoms with Crippen LogP contribution in [-0.4, -0.2) is 39.4 Å². The number of rotatable bonds is 11. The Kier molecular flexibility index (Phi) is 9.08. The van der Waals surface area contributed by atoms with Crippen LogP contribution in [0.15, 0.2) is 66.3 Å².